The fraction of sp³-hybridized carbons (Fsp3) is 0.438. The molecule has 0 saturated carbocycles. The second kappa shape index (κ2) is 6.51. The number of nitrogens with zero attached hydrogens (tertiary/aromatic N) is 3. The third-order valence-electron chi connectivity index (χ3n) is 4.38. The fourth-order valence-corrected chi connectivity index (χ4v) is 5.22. The number of hydrogen-bond acceptors (Lipinski definition) is 5. The normalized spacial score (nSPS) is 15.1. The number of methoxy groups -OCH3 is 2. The van der Waals surface area contributed by atoms with Gasteiger partial charge in [0.1, 0.15) is 10.0 Å². The number of hydrogen-bond donors (Lipinski definition) is 0. The van der Waals surface area contributed by atoms with E-state index in [9.17, 15) is 8.42 Å². The maximum absolute atomic E-state index is 13.1. The summed E-state index contributed by atoms with van der Waals surface area (Å²) in [6, 6.07) is 3.73. The minimum Gasteiger partial charge on any atom is -0.493 e. The molecule has 0 saturated heterocycles. The lowest BCUT2D eigenvalue weighted by Gasteiger charge is -2.28. The topological polar surface area (TPSA) is 73.7 Å². The quantitative estimate of drug-likeness (QED) is 0.806. The molecule has 0 bridgehead atoms. The van der Waals surface area contributed by atoms with Crippen LogP contribution < -0.4 is 9.47 Å². The molecule has 3 rings (SSSR count). The Kier molecular flexibility index (Phi) is 4.70. The molecule has 25 heavy (non-hydrogen) atoms. The number of halogens is 1. The van der Waals surface area contributed by atoms with Gasteiger partial charge in [-0.05, 0) is 36.6 Å². The third-order valence-corrected chi connectivity index (χ3v) is 6.92. The lowest BCUT2D eigenvalue weighted by Crippen LogP contribution is -2.36. The van der Waals surface area contributed by atoms with Crippen molar-refractivity contribution in [2.75, 3.05) is 20.8 Å². The molecule has 136 valence electrons. The molecule has 1 aliphatic rings. The smallest absolute Gasteiger partial charge is 0.248 e. The fourth-order valence-electron chi connectivity index (χ4n) is 3.10. The van der Waals surface area contributed by atoms with Crippen molar-refractivity contribution < 1.29 is 17.9 Å². The van der Waals surface area contributed by atoms with Crippen LogP contribution in [0.25, 0.3) is 0 Å². The van der Waals surface area contributed by atoms with Gasteiger partial charge in [0.2, 0.25) is 10.0 Å². The van der Waals surface area contributed by atoms with Crippen LogP contribution in [-0.4, -0.2) is 43.3 Å². The van der Waals surface area contributed by atoms with Crippen molar-refractivity contribution in [2.24, 2.45) is 7.05 Å². The minimum atomic E-state index is -3.73. The van der Waals surface area contributed by atoms with E-state index in [1.807, 2.05) is 12.1 Å². The highest BCUT2D eigenvalue weighted by atomic mass is 35.5. The van der Waals surface area contributed by atoms with Gasteiger partial charge < -0.3 is 9.47 Å². The number of fused-ring (bicyclic) bond motifs is 1. The zero-order chi connectivity index (χ0) is 18.4. The molecule has 0 atom stereocenters. The highest BCUT2D eigenvalue weighted by molar-refractivity contribution is 7.89. The third kappa shape index (κ3) is 2.98. The predicted octanol–water partition coefficient (Wildman–Crippen LogP) is 2.15. The lowest BCUT2D eigenvalue weighted by atomic mass is 10.0. The summed E-state index contributed by atoms with van der Waals surface area (Å²) in [6.45, 7) is 2.27. The lowest BCUT2D eigenvalue weighted by molar-refractivity contribution is 0.348. The number of sulfonamides is 1. The molecule has 9 heteroatoms. The molecule has 0 spiro atoms. The summed E-state index contributed by atoms with van der Waals surface area (Å²) in [5.41, 5.74) is 2.34. The molecular formula is C16H20ClN3O4S. The number of ether oxygens (including phenoxy) is 2. The van der Waals surface area contributed by atoms with Gasteiger partial charge in [-0.2, -0.15) is 9.40 Å². The van der Waals surface area contributed by atoms with E-state index in [-0.39, 0.29) is 16.6 Å². The highest BCUT2D eigenvalue weighted by Crippen LogP contribution is 2.35. The summed E-state index contributed by atoms with van der Waals surface area (Å²) in [7, 11) is 1.02. The van der Waals surface area contributed by atoms with Crippen molar-refractivity contribution in [3.05, 3.63) is 34.1 Å². The second-order valence-corrected chi connectivity index (χ2v) is 8.13. The zero-order valence-corrected chi connectivity index (χ0v) is 16.1. The molecule has 0 radical (unpaired) electrons. The Balaban J connectivity index is 1.99. The largest absolute Gasteiger partial charge is 0.493 e. The monoisotopic (exact) mass is 385 g/mol. The van der Waals surface area contributed by atoms with E-state index in [2.05, 4.69) is 5.10 Å². The number of aryl methyl sites for hydroxylation is 2. The Morgan fingerprint density at radius 2 is 1.76 bits per heavy atom. The van der Waals surface area contributed by atoms with Gasteiger partial charge in [0.25, 0.3) is 0 Å². The van der Waals surface area contributed by atoms with Gasteiger partial charge in [-0.25, -0.2) is 8.42 Å². The van der Waals surface area contributed by atoms with Crippen LogP contribution >= 0.6 is 11.6 Å². The molecular weight excluding hydrogens is 366 g/mol. The molecule has 1 aromatic carbocycles. The van der Waals surface area contributed by atoms with Crippen LogP contribution in [0.1, 0.15) is 16.8 Å². The van der Waals surface area contributed by atoms with E-state index in [0.29, 0.717) is 30.2 Å². The summed E-state index contributed by atoms with van der Waals surface area (Å²) in [6.07, 6.45) is 0.589. The van der Waals surface area contributed by atoms with Crippen molar-refractivity contribution in [3.63, 3.8) is 0 Å². The molecule has 0 N–H and O–H groups in total. The zero-order valence-electron chi connectivity index (χ0n) is 14.5. The van der Waals surface area contributed by atoms with Gasteiger partial charge in [0, 0.05) is 20.1 Å². The van der Waals surface area contributed by atoms with Gasteiger partial charge in [-0.15, -0.1) is 0 Å². The van der Waals surface area contributed by atoms with Crippen LogP contribution in [0, 0.1) is 6.92 Å². The molecule has 2 heterocycles. The van der Waals surface area contributed by atoms with E-state index < -0.39 is 10.0 Å². The Morgan fingerprint density at radius 1 is 1.16 bits per heavy atom. The molecule has 0 aliphatic carbocycles. The molecule has 2 aromatic rings. The van der Waals surface area contributed by atoms with E-state index >= 15 is 0 Å². The van der Waals surface area contributed by atoms with Crippen LogP contribution in [0.15, 0.2) is 17.0 Å². The first kappa shape index (κ1) is 18.0. The van der Waals surface area contributed by atoms with Crippen molar-refractivity contribution >= 4 is 21.6 Å². The maximum atomic E-state index is 13.1. The van der Waals surface area contributed by atoms with E-state index in [0.717, 1.165) is 11.1 Å². The van der Waals surface area contributed by atoms with Gasteiger partial charge in [-0.3, -0.25) is 4.68 Å². The van der Waals surface area contributed by atoms with Gasteiger partial charge in [0.05, 0.1) is 19.9 Å². The van der Waals surface area contributed by atoms with Crippen molar-refractivity contribution in [2.45, 2.75) is 24.8 Å². The number of benzene rings is 1. The van der Waals surface area contributed by atoms with Crippen LogP contribution in [0.3, 0.4) is 0 Å². The Labute approximate surface area is 152 Å². The summed E-state index contributed by atoms with van der Waals surface area (Å²) in [5.74, 6) is 1.22. The minimum absolute atomic E-state index is 0.0700. The molecule has 0 amide bonds. The first-order valence-corrected chi connectivity index (χ1v) is 9.54. The Bertz CT molecular complexity index is 924. The van der Waals surface area contributed by atoms with Gasteiger partial charge in [-0.1, -0.05) is 11.6 Å². The van der Waals surface area contributed by atoms with Gasteiger partial charge >= 0.3 is 0 Å². The Hall–Kier alpha value is -1.77. The first-order valence-electron chi connectivity index (χ1n) is 7.72. The van der Waals surface area contributed by atoms with E-state index in [4.69, 9.17) is 21.1 Å². The SMILES string of the molecule is COc1cc2c(cc1OC)CN(S(=O)(=O)c1c(C)nn(C)c1Cl)CC2. The summed E-state index contributed by atoms with van der Waals surface area (Å²) >= 11 is 6.16. The van der Waals surface area contributed by atoms with Crippen molar-refractivity contribution in [1.29, 1.82) is 0 Å². The van der Waals surface area contributed by atoms with E-state index in [1.54, 1.807) is 28.2 Å². The molecule has 0 unspecified atom stereocenters. The number of rotatable bonds is 4. The molecule has 0 fully saturated rings. The summed E-state index contributed by atoms with van der Waals surface area (Å²) in [5, 5.41) is 4.23. The van der Waals surface area contributed by atoms with Crippen LogP contribution in [-0.2, 0) is 30.0 Å². The van der Waals surface area contributed by atoms with Crippen molar-refractivity contribution in [3.8, 4) is 11.5 Å². The van der Waals surface area contributed by atoms with Gasteiger partial charge in [0.15, 0.2) is 11.5 Å². The van der Waals surface area contributed by atoms with Crippen LogP contribution in [0.4, 0.5) is 0 Å². The maximum Gasteiger partial charge on any atom is 0.248 e. The average molecular weight is 386 g/mol. The summed E-state index contributed by atoms with van der Waals surface area (Å²) < 4.78 is 39.6. The van der Waals surface area contributed by atoms with Crippen LogP contribution in [0.2, 0.25) is 5.15 Å². The first-order chi connectivity index (χ1) is 11.8. The summed E-state index contributed by atoms with van der Waals surface area (Å²) in [4.78, 5) is 0.0700. The van der Waals surface area contributed by atoms with Crippen molar-refractivity contribution in [1.82, 2.24) is 14.1 Å². The van der Waals surface area contributed by atoms with E-state index in [1.165, 1.54) is 8.99 Å². The highest BCUT2D eigenvalue weighted by Gasteiger charge is 2.34. The molecule has 1 aromatic heterocycles. The van der Waals surface area contributed by atoms with Crippen LogP contribution in [0.5, 0.6) is 11.5 Å². The molecule has 1 aliphatic heterocycles. The Morgan fingerprint density at radius 3 is 2.28 bits per heavy atom. The molecule has 7 nitrogen and oxygen atoms in total. The standard InChI is InChI=1S/C16H20ClN3O4S/c1-10-15(16(17)19(2)18-10)25(21,22)20-6-5-11-7-13(23-3)14(24-4)8-12(11)9-20/h7-8H,5-6,9H2,1-4H3. The second-order valence-electron chi connectivity index (χ2n) is 5.89. The average Bonchev–Trinajstić information content (AvgIpc) is 2.85. The number of aromatic nitrogens is 2. The predicted molar refractivity (Wildman–Crippen MR) is 93.8 cm³/mol.